The Labute approximate surface area is 134 Å². The van der Waals surface area contributed by atoms with Crippen molar-refractivity contribution < 1.29 is 9.59 Å². The van der Waals surface area contributed by atoms with E-state index in [2.05, 4.69) is 10.6 Å². The predicted molar refractivity (Wildman–Crippen MR) is 83.8 cm³/mol. The van der Waals surface area contributed by atoms with E-state index in [-0.39, 0.29) is 17.7 Å². The lowest BCUT2D eigenvalue weighted by molar-refractivity contribution is -0.134. The summed E-state index contributed by atoms with van der Waals surface area (Å²) in [6.45, 7) is 1.36. The van der Waals surface area contributed by atoms with Crippen LogP contribution in [-0.4, -0.2) is 35.5 Å². The Kier molecular flexibility index (Phi) is 3.08. The van der Waals surface area contributed by atoms with Crippen LogP contribution in [0.5, 0.6) is 0 Å². The van der Waals surface area contributed by atoms with Crippen LogP contribution in [0.1, 0.15) is 36.0 Å². The molecule has 1 aliphatic carbocycles. The molecule has 2 fully saturated rings. The van der Waals surface area contributed by atoms with Crippen molar-refractivity contribution in [2.75, 3.05) is 18.4 Å². The monoisotopic (exact) mass is 319 g/mol. The number of nitrogens with zero attached hydrogens (tertiary/aromatic N) is 1. The maximum Gasteiger partial charge on any atom is 0.256 e. The summed E-state index contributed by atoms with van der Waals surface area (Å²) < 4.78 is 0. The molecular weight excluding hydrogens is 302 g/mol. The Hall–Kier alpha value is -1.75. The second-order valence-electron chi connectivity index (χ2n) is 6.42. The average molecular weight is 320 g/mol. The molecule has 1 saturated heterocycles. The number of piperidine rings is 1. The highest BCUT2D eigenvalue weighted by Crippen LogP contribution is 2.36. The smallest absolute Gasteiger partial charge is 0.256 e. The van der Waals surface area contributed by atoms with Crippen molar-refractivity contribution in [3.63, 3.8) is 0 Å². The lowest BCUT2D eigenvalue weighted by Gasteiger charge is -2.46. The van der Waals surface area contributed by atoms with E-state index in [0.717, 1.165) is 18.5 Å². The first kappa shape index (κ1) is 13.9. The maximum atomic E-state index is 12.4. The Balaban J connectivity index is 1.52. The quantitative estimate of drug-likeness (QED) is 0.834. The Morgan fingerprint density at radius 2 is 1.95 bits per heavy atom. The van der Waals surface area contributed by atoms with Gasteiger partial charge in [0.25, 0.3) is 5.91 Å². The molecule has 6 heteroatoms. The fourth-order valence-corrected chi connectivity index (χ4v) is 3.64. The zero-order chi connectivity index (χ0) is 15.3. The zero-order valence-corrected chi connectivity index (χ0v) is 12.9. The molecule has 1 aromatic rings. The second-order valence-corrected chi connectivity index (χ2v) is 6.83. The van der Waals surface area contributed by atoms with Crippen molar-refractivity contribution in [1.29, 1.82) is 0 Å². The first-order chi connectivity index (χ1) is 10.6. The van der Waals surface area contributed by atoms with Crippen LogP contribution < -0.4 is 10.6 Å². The first-order valence-corrected chi connectivity index (χ1v) is 8.14. The number of carbonyl (C=O) groups excluding carboxylic acids is 2. The SMILES string of the molecule is O=C1NC2(CCN(C(=O)C3CC3)CC2)Nc2cccc(Cl)c21. The van der Waals surface area contributed by atoms with E-state index in [1.165, 1.54) is 0 Å². The molecular formula is C16H18ClN3O2. The fourth-order valence-electron chi connectivity index (χ4n) is 3.38. The third-order valence-electron chi connectivity index (χ3n) is 4.82. The summed E-state index contributed by atoms with van der Waals surface area (Å²) in [6.07, 6.45) is 3.48. The van der Waals surface area contributed by atoms with E-state index >= 15 is 0 Å². The van der Waals surface area contributed by atoms with E-state index in [1.54, 1.807) is 6.07 Å². The van der Waals surface area contributed by atoms with Crippen LogP contribution in [0.25, 0.3) is 0 Å². The lowest BCUT2D eigenvalue weighted by Crippen LogP contribution is -2.62. The van der Waals surface area contributed by atoms with E-state index in [9.17, 15) is 9.59 Å². The van der Waals surface area contributed by atoms with E-state index in [0.29, 0.717) is 36.5 Å². The van der Waals surface area contributed by atoms with Crippen LogP contribution in [0.15, 0.2) is 18.2 Å². The second kappa shape index (κ2) is 4.88. The van der Waals surface area contributed by atoms with Crippen LogP contribution in [0, 0.1) is 5.92 Å². The number of benzene rings is 1. The van der Waals surface area contributed by atoms with Crippen LogP contribution >= 0.6 is 11.6 Å². The van der Waals surface area contributed by atoms with E-state index in [4.69, 9.17) is 11.6 Å². The van der Waals surface area contributed by atoms with Crippen molar-refractivity contribution in [3.8, 4) is 0 Å². The largest absolute Gasteiger partial charge is 0.362 e. The fraction of sp³-hybridized carbons (Fsp3) is 0.500. The Bertz CT molecular complexity index is 649. The molecule has 2 heterocycles. The number of anilines is 1. The summed E-state index contributed by atoms with van der Waals surface area (Å²) in [5, 5.41) is 6.95. The molecule has 0 unspecified atom stereocenters. The molecule has 0 radical (unpaired) electrons. The van der Waals surface area contributed by atoms with E-state index in [1.807, 2.05) is 17.0 Å². The number of rotatable bonds is 1. The van der Waals surface area contributed by atoms with E-state index < -0.39 is 5.66 Å². The number of hydrogen-bond donors (Lipinski definition) is 2. The van der Waals surface area contributed by atoms with Crippen molar-refractivity contribution in [3.05, 3.63) is 28.8 Å². The van der Waals surface area contributed by atoms with Gasteiger partial charge in [-0.15, -0.1) is 0 Å². The van der Waals surface area contributed by atoms with Crippen LogP contribution in [-0.2, 0) is 4.79 Å². The third kappa shape index (κ3) is 2.24. The van der Waals surface area contributed by atoms with Crippen molar-refractivity contribution in [2.24, 2.45) is 5.92 Å². The highest BCUT2D eigenvalue weighted by molar-refractivity contribution is 6.34. The van der Waals surface area contributed by atoms with Gasteiger partial charge in [-0.2, -0.15) is 0 Å². The number of nitrogens with one attached hydrogen (secondary N) is 2. The van der Waals surface area contributed by atoms with Gasteiger partial charge in [0, 0.05) is 31.8 Å². The number of halogens is 1. The minimum absolute atomic E-state index is 0.138. The summed E-state index contributed by atoms with van der Waals surface area (Å²) in [5.41, 5.74) is 0.819. The van der Waals surface area contributed by atoms with Crippen LogP contribution in [0.3, 0.4) is 0 Å². The standard InChI is InChI=1S/C16H18ClN3O2/c17-11-2-1-3-12-13(11)14(21)19-16(18-12)6-8-20(9-7-16)15(22)10-4-5-10/h1-3,10,18H,4-9H2,(H,19,21). The van der Waals surface area contributed by atoms with Gasteiger partial charge >= 0.3 is 0 Å². The Morgan fingerprint density at radius 1 is 1.23 bits per heavy atom. The molecule has 2 aliphatic heterocycles. The van der Waals surface area contributed by atoms with Gasteiger partial charge in [-0.05, 0) is 25.0 Å². The topological polar surface area (TPSA) is 61.4 Å². The van der Waals surface area contributed by atoms with Gasteiger partial charge in [0.15, 0.2) is 0 Å². The zero-order valence-electron chi connectivity index (χ0n) is 12.2. The summed E-state index contributed by atoms with van der Waals surface area (Å²) >= 11 is 6.12. The minimum atomic E-state index is -0.463. The molecule has 3 aliphatic rings. The average Bonchev–Trinajstić information content (AvgIpc) is 3.31. The first-order valence-electron chi connectivity index (χ1n) is 7.76. The van der Waals surface area contributed by atoms with Gasteiger partial charge in [-0.3, -0.25) is 9.59 Å². The number of likely N-dealkylation sites (tertiary alicyclic amines) is 1. The third-order valence-corrected chi connectivity index (χ3v) is 5.14. The van der Waals surface area contributed by atoms with Gasteiger partial charge in [0.05, 0.1) is 16.3 Å². The maximum absolute atomic E-state index is 12.4. The molecule has 4 rings (SSSR count). The van der Waals surface area contributed by atoms with Gasteiger partial charge < -0.3 is 15.5 Å². The number of fused-ring (bicyclic) bond motifs is 1. The molecule has 5 nitrogen and oxygen atoms in total. The lowest BCUT2D eigenvalue weighted by atomic mass is 9.92. The highest BCUT2D eigenvalue weighted by atomic mass is 35.5. The summed E-state index contributed by atoms with van der Waals surface area (Å²) in [4.78, 5) is 26.5. The minimum Gasteiger partial charge on any atom is -0.362 e. The molecule has 2 amide bonds. The summed E-state index contributed by atoms with van der Waals surface area (Å²) in [6, 6.07) is 5.44. The van der Waals surface area contributed by atoms with Crippen LogP contribution in [0.4, 0.5) is 5.69 Å². The molecule has 1 spiro atoms. The van der Waals surface area contributed by atoms with Gasteiger partial charge in [-0.25, -0.2) is 0 Å². The summed E-state index contributed by atoms with van der Waals surface area (Å²) in [5.74, 6) is 0.393. The van der Waals surface area contributed by atoms with Gasteiger partial charge in [0.1, 0.15) is 5.66 Å². The number of carbonyl (C=O) groups is 2. The normalized spacial score (nSPS) is 22.8. The molecule has 22 heavy (non-hydrogen) atoms. The molecule has 0 atom stereocenters. The molecule has 1 saturated carbocycles. The predicted octanol–water partition coefficient (Wildman–Crippen LogP) is 2.22. The van der Waals surface area contributed by atoms with Crippen molar-refractivity contribution in [1.82, 2.24) is 10.2 Å². The number of hydrogen-bond acceptors (Lipinski definition) is 3. The van der Waals surface area contributed by atoms with Crippen molar-refractivity contribution in [2.45, 2.75) is 31.3 Å². The molecule has 1 aromatic carbocycles. The Morgan fingerprint density at radius 3 is 2.64 bits per heavy atom. The molecule has 0 aromatic heterocycles. The van der Waals surface area contributed by atoms with Crippen molar-refractivity contribution >= 4 is 29.1 Å². The van der Waals surface area contributed by atoms with Gasteiger partial charge in [-0.1, -0.05) is 17.7 Å². The van der Waals surface area contributed by atoms with Crippen LogP contribution in [0.2, 0.25) is 5.02 Å². The molecule has 2 N–H and O–H groups in total. The summed E-state index contributed by atoms with van der Waals surface area (Å²) in [7, 11) is 0. The number of amides is 2. The molecule has 116 valence electrons. The highest BCUT2D eigenvalue weighted by Gasteiger charge is 2.43. The molecule has 0 bridgehead atoms. The van der Waals surface area contributed by atoms with Gasteiger partial charge in [0.2, 0.25) is 5.91 Å².